The quantitative estimate of drug-likeness (QED) is 0.762. The van der Waals surface area contributed by atoms with Gasteiger partial charge in [-0.1, -0.05) is 45.4 Å². The summed E-state index contributed by atoms with van der Waals surface area (Å²) in [6.45, 7) is 10.1. The van der Waals surface area contributed by atoms with E-state index in [1.165, 1.54) is 0 Å². The summed E-state index contributed by atoms with van der Waals surface area (Å²) in [5, 5.41) is 13.4. The Morgan fingerprint density at radius 2 is 1.57 bits per heavy atom. The number of hydrogen-bond donors (Lipinski definition) is 2. The molecule has 2 rings (SSSR count). The number of phenols is 1. The molecule has 0 aliphatic heterocycles. The van der Waals surface area contributed by atoms with Gasteiger partial charge in [-0.2, -0.15) is 0 Å². The van der Waals surface area contributed by atoms with Gasteiger partial charge in [0.25, 0.3) is 5.91 Å². The van der Waals surface area contributed by atoms with E-state index >= 15 is 0 Å². The molecule has 0 atom stereocenters. The Kier molecular flexibility index (Phi) is 5.09. The zero-order valence-corrected chi connectivity index (χ0v) is 14.5. The zero-order valence-electron chi connectivity index (χ0n) is 14.5. The molecular formula is C20H25NO2. The lowest BCUT2D eigenvalue weighted by Gasteiger charge is -2.18. The maximum atomic E-state index is 12.4. The fourth-order valence-electron chi connectivity index (χ4n) is 2.62. The van der Waals surface area contributed by atoms with Crippen molar-refractivity contribution < 1.29 is 9.90 Å². The lowest BCUT2D eigenvalue weighted by atomic mass is 9.93. The van der Waals surface area contributed by atoms with Gasteiger partial charge < -0.3 is 10.4 Å². The Hall–Kier alpha value is -2.29. The lowest BCUT2D eigenvalue weighted by Crippen LogP contribution is -2.13. The summed E-state index contributed by atoms with van der Waals surface area (Å²) in [5.41, 5.74) is 4.12. The highest BCUT2D eigenvalue weighted by Crippen LogP contribution is 2.36. The monoisotopic (exact) mass is 311 g/mol. The minimum Gasteiger partial charge on any atom is -0.507 e. The van der Waals surface area contributed by atoms with Crippen LogP contribution in [0.4, 0.5) is 5.69 Å². The summed E-state index contributed by atoms with van der Waals surface area (Å²) in [4.78, 5) is 12.4. The van der Waals surface area contributed by atoms with E-state index in [0.29, 0.717) is 11.3 Å². The molecule has 0 saturated carbocycles. The fraction of sp³-hybridized carbons (Fsp3) is 0.350. The smallest absolute Gasteiger partial charge is 0.255 e. The molecule has 0 unspecified atom stereocenters. The van der Waals surface area contributed by atoms with Gasteiger partial charge in [-0.25, -0.2) is 0 Å². The molecule has 122 valence electrons. The molecule has 0 aliphatic rings. The number of carbonyl (C=O) groups excluding carboxylic acids is 1. The first-order valence-corrected chi connectivity index (χ1v) is 8.04. The standard InChI is InChI=1S/C20H25NO2/c1-12(2)17-10-16(11-18(13(3)4)19(17)22)21-20(23)15-8-6-7-14(5)9-15/h6-13,22H,1-5H3,(H,21,23). The number of anilines is 1. The Bertz CT molecular complexity index is 688. The first-order valence-electron chi connectivity index (χ1n) is 8.04. The van der Waals surface area contributed by atoms with Gasteiger partial charge in [0.15, 0.2) is 0 Å². The van der Waals surface area contributed by atoms with Crippen LogP contribution in [0, 0.1) is 6.92 Å². The number of rotatable bonds is 4. The minimum atomic E-state index is -0.135. The van der Waals surface area contributed by atoms with Crippen molar-refractivity contribution in [2.24, 2.45) is 0 Å². The number of amides is 1. The molecule has 3 heteroatoms. The number of nitrogens with one attached hydrogen (secondary N) is 1. The van der Waals surface area contributed by atoms with Gasteiger partial charge in [0.1, 0.15) is 5.75 Å². The molecule has 0 spiro atoms. The van der Waals surface area contributed by atoms with Gasteiger partial charge in [-0.15, -0.1) is 0 Å². The third-order valence-corrected chi connectivity index (χ3v) is 3.95. The largest absolute Gasteiger partial charge is 0.507 e. The number of hydrogen-bond acceptors (Lipinski definition) is 2. The third-order valence-electron chi connectivity index (χ3n) is 3.95. The summed E-state index contributed by atoms with van der Waals surface area (Å²) >= 11 is 0. The highest BCUT2D eigenvalue weighted by Gasteiger charge is 2.16. The van der Waals surface area contributed by atoms with Gasteiger partial charge in [0.2, 0.25) is 0 Å². The van der Waals surface area contributed by atoms with Crippen LogP contribution in [0.3, 0.4) is 0 Å². The van der Waals surface area contributed by atoms with Crippen LogP contribution in [-0.4, -0.2) is 11.0 Å². The number of aromatic hydroxyl groups is 1. The number of aryl methyl sites for hydroxylation is 1. The highest BCUT2D eigenvalue weighted by atomic mass is 16.3. The van der Waals surface area contributed by atoms with Gasteiger partial charge in [0, 0.05) is 11.3 Å². The van der Waals surface area contributed by atoms with E-state index in [0.717, 1.165) is 22.4 Å². The van der Waals surface area contributed by atoms with Crippen molar-refractivity contribution in [1.82, 2.24) is 0 Å². The average Bonchev–Trinajstić information content (AvgIpc) is 2.48. The summed E-state index contributed by atoms with van der Waals surface area (Å²) in [7, 11) is 0. The maximum Gasteiger partial charge on any atom is 0.255 e. The Labute approximate surface area is 138 Å². The molecule has 0 fully saturated rings. The fourth-order valence-corrected chi connectivity index (χ4v) is 2.62. The van der Waals surface area contributed by atoms with Gasteiger partial charge in [0.05, 0.1) is 0 Å². The molecular weight excluding hydrogens is 286 g/mol. The molecule has 0 heterocycles. The molecule has 0 aromatic heterocycles. The normalized spacial score (nSPS) is 11.1. The number of benzene rings is 2. The lowest BCUT2D eigenvalue weighted by molar-refractivity contribution is 0.102. The third kappa shape index (κ3) is 3.92. The summed E-state index contributed by atoms with van der Waals surface area (Å²) < 4.78 is 0. The Morgan fingerprint density at radius 1 is 1.00 bits per heavy atom. The van der Waals surface area contributed by atoms with Crippen LogP contribution in [0.5, 0.6) is 5.75 Å². The molecule has 0 saturated heterocycles. The van der Waals surface area contributed by atoms with Crippen molar-refractivity contribution in [2.75, 3.05) is 5.32 Å². The van der Waals surface area contributed by atoms with Crippen molar-refractivity contribution >= 4 is 11.6 Å². The van der Waals surface area contributed by atoms with Crippen molar-refractivity contribution in [3.05, 3.63) is 58.7 Å². The molecule has 3 nitrogen and oxygen atoms in total. The van der Waals surface area contributed by atoms with E-state index in [4.69, 9.17) is 0 Å². The minimum absolute atomic E-state index is 0.135. The van der Waals surface area contributed by atoms with Crippen LogP contribution in [0.1, 0.15) is 66.6 Å². The first-order chi connectivity index (χ1) is 10.8. The van der Waals surface area contributed by atoms with E-state index in [9.17, 15) is 9.90 Å². The van der Waals surface area contributed by atoms with Crippen LogP contribution in [0.25, 0.3) is 0 Å². The van der Waals surface area contributed by atoms with Crippen molar-refractivity contribution in [1.29, 1.82) is 0 Å². The van der Waals surface area contributed by atoms with Crippen LogP contribution < -0.4 is 5.32 Å². The number of carbonyl (C=O) groups is 1. The van der Waals surface area contributed by atoms with E-state index in [1.54, 1.807) is 6.07 Å². The van der Waals surface area contributed by atoms with Gasteiger partial charge in [-0.05, 0) is 54.2 Å². The molecule has 1 amide bonds. The van der Waals surface area contributed by atoms with Crippen LogP contribution in [0.15, 0.2) is 36.4 Å². The molecule has 23 heavy (non-hydrogen) atoms. The number of phenolic OH excluding ortho intramolecular Hbond substituents is 1. The predicted octanol–water partition coefficient (Wildman–Crippen LogP) is 5.20. The SMILES string of the molecule is Cc1cccc(C(=O)Nc2cc(C(C)C)c(O)c(C(C)C)c2)c1. The topological polar surface area (TPSA) is 49.3 Å². The van der Waals surface area contributed by atoms with Gasteiger partial charge in [-0.3, -0.25) is 4.79 Å². The Balaban J connectivity index is 2.38. The molecule has 2 aromatic carbocycles. The van der Waals surface area contributed by atoms with Crippen LogP contribution >= 0.6 is 0 Å². The highest BCUT2D eigenvalue weighted by molar-refractivity contribution is 6.04. The van der Waals surface area contributed by atoms with Crippen molar-refractivity contribution in [2.45, 2.75) is 46.5 Å². The van der Waals surface area contributed by atoms with Gasteiger partial charge >= 0.3 is 0 Å². The van der Waals surface area contributed by atoms with E-state index < -0.39 is 0 Å². The molecule has 2 N–H and O–H groups in total. The first kappa shape index (κ1) is 17.1. The molecule has 0 aliphatic carbocycles. The van der Waals surface area contributed by atoms with Crippen molar-refractivity contribution in [3.63, 3.8) is 0 Å². The van der Waals surface area contributed by atoms with Crippen LogP contribution in [0.2, 0.25) is 0 Å². The predicted molar refractivity (Wildman–Crippen MR) is 95.4 cm³/mol. The molecule has 0 radical (unpaired) electrons. The second-order valence-corrected chi connectivity index (χ2v) is 6.64. The molecule has 2 aromatic rings. The maximum absolute atomic E-state index is 12.4. The van der Waals surface area contributed by atoms with E-state index in [1.807, 2.05) is 65.0 Å². The second-order valence-electron chi connectivity index (χ2n) is 6.64. The second kappa shape index (κ2) is 6.86. The van der Waals surface area contributed by atoms with Crippen molar-refractivity contribution in [3.8, 4) is 5.75 Å². The van der Waals surface area contributed by atoms with E-state index in [-0.39, 0.29) is 17.7 Å². The van der Waals surface area contributed by atoms with Crippen LogP contribution in [-0.2, 0) is 0 Å². The molecule has 0 bridgehead atoms. The summed E-state index contributed by atoms with van der Waals surface area (Å²) in [5.74, 6) is 0.569. The summed E-state index contributed by atoms with van der Waals surface area (Å²) in [6, 6.07) is 11.2. The Morgan fingerprint density at radius 3 is 2.04 bits per heavy atom. The van der Waals surface area contributed by atoms with E-state index in [2.05, 4.69) is 5.32 Å². The summed E-state index contributed by atoms with van der Waals surface area (Å²) in [6.07, 6.45) is 0. The average molecular weight is 311 g/mol. The zero-order chi connectivity index (χ0) is 17.1.